The second kappa shape index (κ2) is 10.1. The van der Waals surface area contributed by atoms with E-state index in [1.807, 2.05) is 13.8 Å². The van der Waals surface area contributed by atoms with Crippen molar-refractivity contribution in [3.63, 3.8) is 0 Å². The molecule has 0 unspecified atom stereocenters. The van der Waals surface area contributed by atoms with Crippen molar-refractivity contribution in [1.82, 2.24) is 4.90 Å². The summed E-state index contributed by atoms with van der Waals surface area (Å²) in [5, 5.41) is 2.67. The molecule has 9 heteroatoms. The Morgan fingerprint density at radius 1 is 1.00 bits per heavy atom. The molecule has 0 heterocycles. The van der Waals surface area contributed by atoms with Gasteiger partial charge in [0, 0.05) is 13.1 Å². The van der Waals surface area contributed by atoms with Gasteiger partial charge in [-0.1, -0.05) is 24.3 Å². The number of nitrogens with one attached hydrogen (secondary N) is 1. The standard InChI is InChI=1S/C21H27N3O5S/c1-5-23(6-2)21(26)16-11-7-8-12-17(16)22-20(25)15-24(30(4,27)28)18-13-9-10-14-19(18)29-3/h7-14H,5-6,15H2,1-4H3,(H,22,25). The number of rotatable bonds is 9. The number of sulfonamides is 1. The predicted octanol–water partition coefficient (Wildman–Crippen LogP) is 2.58. The minimum absolute atomic E-state index is 0.208. The molecule has 1 N–H and O–H groups in total. The summed E-state index contributed by atoms with van der Waals surface area (Å²) < 4.78 is 30.9. The van der Waals surface area contributed by atoms with Crippen LogP contribution in [0.1, 0.15) is 24.2 Å². The molecule has 2 amide bonds. The molecule has 0 spiro atoms. The van der Waals surface area contributed by atoms with E-state index < -0.39 is 22.5 Å². The van der Waals surface area contributed by atoms with Gasteiger partial charge in [-0.05, 0) is 38.1 Å². The number of benzene rings is 2. The fraction of sp³-hybridized carbons (Fsp3) is 0.333. The average Bonchev–Trinajstić information content (AvgIpc) is 2.72. The molecule has 2 aromatic rings. The Bertz CT molecular complexity index is 1000. The van der Waals surface area contributed by atoms with Gasteiger partial charge in [0.2, 0.25) is 15.9 Å². The topological polar surface area (TPSA) is 96.0 Å². The highest BCUT2D eigenvalue weighted by Crippen LogP contribution is 2.29. The number of anilines is 2. The Balaban J connectivity index is 2.31. The van der Waals surface area contributed by atoms with Crippen LogP contribution in [0.3, 0.4) is 0 Å². The lowest BCUT2D eigenvalue weighted by Crippen LogP contribution is -2.38. The van der Waals surface area contributed by atoms with Crippen LogP contribution in [-0.4, -0.2) is 58.1 Å². The van der Waals surface area contributed by atoms with Crippen molar-refractivity contribution in [3.05, 3.63) is 54.1 Å². The van der Waals surface area contributed by atoms with Crippen LogP contribution in [0.4, 0.5) is 11.4 Å². The molecule has 2 aromatic carbocycles. The molecule has 2 rings (SSSR count). The Labute approximate surface area is 177 Å². The fourth-order valence-corrected chi connectivity index (χ4v) is 3.86. The van der Waals surface area contributed by atoms with Gasteiger partial charge in [-0.25, -0.2) is 8.42 Å². The van der Waals surface area contributed by atoms with Crippen molar-refractivity contribution in [2.45, 2.75) is 13.8 Å². The van der Waals surface area contributed by atoms with Gasteiger partial charge < -0.3 is 15.0 Å². The van der Waals surface area contributed by atoms with Gasteiger partial charge in [0.05, 0.1) is 30.3 Å². The second-order valence-electron chi connectivity index (χ2n) is 6.51. The Morgan fingerprint density at radius 3 is 2.20 bits per heavy atom. The van der Waals surface area contributed by atoms with Gasteiger partial charge in [-0.2, -0.15) is 0 Å². The minimum Gasteiger partial charge on any atom is -0.495 e. The van der Waals surface area contributed by atoms with Gasteiger partial charge in [-0.15, -0.1) is 0 Å². The van der Waals surface area contributed by atoms with E-state index in [1.54, 1.807) is 53.4 Å². The zero-order chi connectivity index (χ0) is 22.3. The first kappa shape index (κ1) is 23.2. The van der Waals surface area contributed by atoms with E-state index in [9.17, 15) is 18.0 Å². The molecule has 0 aliphatic heterocycles. The van der Waals surface area contributed by atoms with Gasteiger partial charge in [-0.3, -0.25) is 13.9 Å². The minimum atomic E-state index is -3.77. The normalized spacial score (nSPS) is 10.9. The molecule has 0 radical (unpaired) electrons. The molecule has 0 bridgehead atoms. The van der Waals surface area contributed by atoms with Crippen LogP contribution < -0.4 is 14.4 Å². The Kier molecular flexibility index (Phi) is 7.82. The number of ether oxygens (including phenoxy) is 1. The van der Waals surface area contributed by atoms with Crippen LogP contribution in [0.25, 0.3) is 0 Å². The number of carbonyl (C=O) groups excluding carboxylic acids is 2. The maximum atomic E-state index is 12.7. The molecule has 30 heavy (non-hydrogen) atoms. The summed E-state index contributed by atoms with van der Waals surface area (Å²) in [6, 6.07) is 13.2. The van der Waals surface area contributed by atoms with Crippen LogP contribution >= 0.6 is 0 Å². The lowest BCUT2D eigenvalue weighted by molar-refractivity contribution is -0.114. The number of hydrogen-bond acceptors (Lipinski definition) is 5. The number of methoxy groups -OCH3 is 1. The third kappa shape index (κ3) is 5.50. The summed E-state index contributed by atoms with van der Waals surface area (Å²) >= 11 is 0. The Morgan fingerprint density at radius 2 is 1.60 bits per heavy atom. The highest BCUT2D eigenvalue weighted by Gasteiger charge is 2.25. The zero-order valence-corrected chi connectivity index (χ0v) is 18.4. The average molecular weight is 434 g/mol. The lowest BCUT2D eigenvalue weighted by atomic mass is 10.1. The van der Waals surface area contributed by atoms with Crippen molar-refractivity contribution in [1.29, 1.82) is 0 Å². The highest BCUT2D eigenvalue weighted by atomic mass is 32.2. The van der Waals surface area contributed by atoms with Gasteiger partial charge in [0.25, 0.3) is 5.91 Å². The predicted molar refractivity (Wildman–Crippen MR) is 118 cm³/mol. The molecular formula is C21H27N3O5S. The largest absolute Gasteiger partial charge is 0.495 e. The number of amides is 2. The SMILES string of the molecule is CCN(CC)C(=O)c1ccccc1NC(=O)CN(c1ccccc1OC)S(C)(=O)=O. The highest BCUT2D eigenvalue weighted by molar-refractivity contribution is 7.92. The Hall–Kier alpha value is -3.07. The van der Waals surface area contributed by atoms with Crippen LogP contribution in [0.2, 0.25) is 0 Å². The van der Waals surface area contributed by atoms with Gasteiger partial charge >= 0.3 is 0 Å². The first-order chi connectivity index (χ1) is 14.2. The first-order valence-electron chi connectivity index (χ1n) is 9.51. The summed E-state index contributed by atoms with van der Waals surface area (Å²) in [7, 11) is -2.34. The monoisotopic (exact) mass is 433 g/mol. The second-order valence-corrected chi connectivity index (χ2v) is 8.42. The number of para-hydroxylation sites is 3. The molecule has 0 saturated heterocycles. The van der Waals surface area contributed by atoms with E-state index in [0.29, 0.717) is 30.1 Å². The van der Waals surface area contributed by atoms with Crippen molar-refractivity contribution in [2.24, 2.45) is 0 Å². The number of carbonyl (C=O) groups is 2. The van der Waals surface area contributed by atoms with Crippen LogP contribution in [-0.2, 0) is 14.8 Å². The smallest absolute Gasteiger partial charge is 0.255 e. The molecule has 162 valence electrons. The molecule has 0 aliphatic rings. The van der Waals surface area contributed by atoms with E-state index in [4.69, 9.17) is 4.74 Å². The van der Waals surface area contributed by atoms with Crippen LogP contribution in [0, 0.1) is 0 Å². The fourth-order valence-electron chi connectivity index (χ4n) is 3.00. The molecular weight excluding hydrogens is 406 g/mol. The van der Waals surface area contributed by atoms with Gasteiger partial charge in [0.1, 0.15) is 12.3 Å². The summed E-state index contributed by atoms with van der Waals surface area (Å²) in [4.78, 5) is 27.1. The maximum absolute atomic E-state index is 12.7. The van der Waals surface area contributed by atoms with E-state index in [0.717, 1.165) is 10.6 Å². The molecule has 0 aliphatic carbocycles. The van der Waals surface area contributed by atoms with Crippen molar-refractivity contribution >= 4 is 33.2 Å². The van der Waals surface area contributed by atoms with Crippen molar-refractivity contribution in [2.75, 3.05) is 42.6 Å². The molecule has 0 fully saturated rings. The lowest BCUT2D eigenvalue weighted by Gasteiger charge is -2.24. The van der Waals surface area contributed by atoms with Gasteiger partial charge in [0.15, 0.2) is 0 Å². The number of hydrogen-bond donors (Lipinski definition) is 1. The van der Waals surface area contributed by atoms with E-state index in [2.05, 4.69) is 5.32 Å². The summed E-state index contributed by atoms with van der Waals surface area (Å²) in [6.07, 6.45) is 1.02. The zero-order valence-electron chi connectivity index (χ0n) is 17.6. The summed E-state index contributed by atoms with van der Waals surface area (Å²) in [5.41, 5.74) is 0.927. The molecule has 0 aromatic heterocycles. The van der Waals surface area contributed by atoms with Crippen LogP contribution in [0.5, 0.6) is 5.75 Å². The summed E-state index contributed by atoms with van der Waals surface area (Å²) in [5.74, 6) is -0.459. The molecule has 0 saturated carbocycles. The first-order valence-corrected chi connectivity index (χ1v) is 11.4. The van der Waals surface area contributed by atoms with Crippen LogP contribution in [0.15, 0.2) is 48.5 Å². The van der Waals surface area contributed by atoms with E-state index in [1.165, 1.54) is 7.11 Å². The number of nitrogens with zero attached hydrogens (tertiary/aromatic N) is 2. The van der Waals surface area contributed by atoms with E-state index >= 15 is 0 Å². The quantitative estimate of drug-likeness (QED) is 0.656. The maximum Gasteiger partial charge on any atom is 0.255 e. The summed E-state index contributed by atoms with van der Waals surface area (Å²) in [6.45, 7) is 4.35. The van der Waals surface area contributed by atoms with Crippen molar-refractivity contribution in [3.8, 4) is 5.75 Å². The van der Waals surface area contributed by atoms with Crippen molar-refractivity contribution < 1.29 is 22.7 Å². The molecule has 8 nitrogen and oxygen atoms in total. The third-order valence-electron chi connectivity index (χ3n) is 4.52. The van der Waals surface area contributed by atoms with E-state index in [-0.39, 0.29) is 11.6 Å². The third-order valence-corrected chi connectivity index (χ3v) is 5.65. The molecule has 0 atom stereocenters.